The molecular formula is C13H18FN3O4S. The maximum absolute atomic E-state index is 13.8. The van der Waals surface area contributed by atoms with Crippen molar-refractivity contribution in [2.75, 3.05) is 6.26 Å². The highest BCUT2D eigenvalue weighted by Crippen LogP contribution is 2.14. The first-order chi connectivity index (χ1) is 10.1. The molecule has 0 aliphatic heterocycles. The quantitative estimate of drug-likeness (QED) is 0.616. The van der Waals surface area contributed by atoms with Gasteiger partial charge in [-0.2, -0.15) is 0 Å². The van der Waals surface area contributed by atoms with E-state index in [1.807, 2.05) is 0 Å². The van der Waals surface area contributed by atoms with Crippen molar-refractivity contribution in [3.05, 3.63) is 29.6 Å². The number of carbonyl (C=O) groups is 2. The minimum Gasteiger partial charge on any atom is -0.370 e. The third-order valence-corrected chi connectivity index (χ3v) is 4.05. The van der Waals surface area contributed by atoms with E-state index in [4.69, 9.17) is 11.5 Å². The van der Waals surface area contributed by atoms with Gasteiger partial charge in [-0.3, -0.25) is 9.59 Å². The van der Waals surface area contributed by atoms with Crippen LogP contribution in [0.4, 0.5) is 4.39 Å². The molecule has 0 saturated carbocycles. The summed E-state index contributed by atoms with van der Waals surface area (Å²) in [6, 6.07) is 2.50. The van der Waals surface area contributed by atoms with Gasteiger partial charge in [-0.25, -0.2) is 12.8 Å². The number of halogens is 1. The topological polar surface area (TPSA) is 132 Å². The zero-order chi connectivity index (χ0) is 16.9. The summed E-state index contributed by atoms with van der Waals surface area (Å²) in [5, 5.41) is 2.42. The summed E-state index contributed by atoms with van der Waals surface area (Å²) in [4.78, 5) is 22.1. The zero-order valence-corrected chi connectivity index (χ0v) is 12.8. The number of nitrogens with one attached hydrogen (secondary N) is 1. The summed E-state index contributed by atoms with van der Waals surface area (Å²) in [6.07, 6.45) is 1.05. The lowest BCUT2D eigenvalue weighted by Gasteiger charge is -2.12. The van der Waals surface area contributed by atoms with Gasteiger partial charge in [0.15, 0.2) is 9.84 Å². The van der Waals surface area contributed by atoms with Crippen molar-refractivity contribution in [2.24, 2.45) is 11.5 Å². The molecule has 1 rings (SSSR count). The molecule has 0 heterocycles. The highest BCUT2D eigenvalue weighted by Gasteiger charge is 2.15. The van der Waals surface area contributed by atoms with Crippen LogP contribution < -0.4 is 16.8 Å². The number of amides is 2. The van der Waals surface area contributed by atoms with E-state index in [0.29, 0.717) is 0 Å². The van der Waals surface area contributed by atoms with E-state index in [1.165, 1.54) is 12.1 Å². The fourth-order valence-electron chi connectivity index (χ4n) is 1.64. The lowest BCUT2D eigenvalue weighted by Crippen LogP contribution is -2.40. The van der Waals surface area contributed by atoms with Crippen molar-refractivity contribution in [2.45, 2.75) is 30.3 Å². The Bertz CT molecular complexity index is 676. The van der Waals surface area contributed by atoms with Crippen LogP contribution in [0.2, 0.25) is 0 Å². The van der Waals surface area contributed by atoms with Gasteiger partial charge in [-0.15, -0.1) is 0 Å². The first kappa shape index (κ1) is 18.1. The number of sulfone groups is 1. The van der Waals surface area contributed by atoms with Gasteiger partial charge in [0, 0.05) is 24.8 Å². The number of carbonyl (C=O) groups excluding carboxylic acids is 2. The van der Waals surface area contributed by atoms with E-state index in [9.17, 15) is 22.4 Å². The fourth-order valence-corrected chi connectivity index (χ4v) is 2.28. The number of nitrogens with two attached hydrogens (primary N) is 2. The number of benzene rings is 1. The Morgan fingerprint density at radius 2 is 2.00 bits per heavy atom. The molecule has 1 aromatic carbocycles. The molecule has 0 aliphatic rings. The minimum atomic E-state index is -3.49. The highest BCUT2D eigenvalue weighted by atomic mass is 32.2. The van der Waals surface area contributed by atoms with E-state index >= 15 is 0 Å². The second-order valence-electron chi connectivity index (χ2n) is 4.85. The lowest BCUT2D eigenvalue weighted by molar-refractivity contribution is -0.123. The molecule has 0 fully saturated rings. The van der Waals surface area contributed by atoms with Crippen molar-refractivity contribution >= 4 is 21.7 Å². The molecule has 122 valence electrons. The number of primary amides is 1. The van der Waals surface area contributed by atoms with E-state index < -0.39 is 33.5 Å². The number of hydrogen-bond acceptors (Lipinski definition) is 5. The van der Waals surface area contributed by atoms with E-state index in [0.717, 1.165) is 12.3 Å². The van der Waals surface area contributed by atoms with Crippen molar-refractivity contribution in [1.29, 1.82) is 0 Å². The largest absolute Gasteiger partial charge is 0.370 e. The molecule has 0 aromatic heterocycles. The molecule has 0 spiro atoms. The highest BCUT2D eigenvalue weighted by molar-refractivity contribution is 7.90. The monoisotopic (exact) mass is 331 g/mol. The molecule has 0 bridgehead atoms. The summed E-state index contributed by atoms with van der Waals surface area (Å²) in [6.45, 7) is -0.140. The van der Waals surface area contributed by atoms with Crippen LogP contribution in [0.3, 0.4) is 0 Å². The summed E-state index contributed by atoms with van der Waals surface area (Å²) in [5.74, 6) is -1.85. The van der Waals surface area contributed by atoms with E-state index in [-0.39, 0.29) is 29.8 Å². The number of rotatable bonds is 7. The van der Waals surface area contributed by atoms with Gasteiger partial charge in [-0.1, -0.05) is 6.07 Å². The van der Waals surface area contributed by atoms with Crippen molar-refractivity contribution in [3.8, 4) is 0 Å². The first-order valence-electron chi connectivity index (χ1n) is 6.41. The van der Waals surface area contributed by atoms with Gasteiger partial charge >= 0.3 is 0 Å². The average Bonchev–Trinajstić information content (AvgIpc) is 2.41. The molecule has 5 N–H and O–H groups in total. The molecule has 9 heteroatoms. The molecule has 7 nitrogen and oxygen atoms in total. The smallest absolute Gasteiger partial charge is 0.237 e. The van der Waals surface area contributed by atoms with Gasteiger partial charge in [0.25, 0.3) is 0 Å². The molecular weight excluding hydrogens is 313 g/mol. The summed E-state index contributed by atoms with van der Waals surface area (Å²) in [7, 11) is -3.49. The van der Waals surface area contributed by atoms with Crippen LogP contribution in [0.25, 0.3) is 0 Å². The predicted octanol–water partition coefficient (Wildman–Crippen LogP) is -0.562. The third kappa shape index (κ3) is 5.41. The van der Waals surface area contributed by atoms with Crippen LogP contribution in [-0.2, 0) is 26.0 Å². The zero-order valence-electron chi connectivity index (χ0n) is 12.0. The molecule has 0 radical (unpaired) electrons. The average molecular weight is 331 g/mol. The Labute approximate surface area is 127 Å². The normalized spacial score (nSPS) is 12.7. The standard InChI is InChI=1S/C13H18FN3O4S/c1-22(20,21)9-3-2-8(10(14)6-9)7-17-13(19)11(15)4-5-12(16)18/h2-3,6,11H,4-5,7,15H2,1H3,(H2,16,18)(H,17,19). The van der Waals surface area contributed by atoms with Crippen molar-refractivity contribution in [3.63, 3.8) is 0 Å². The molecule has 1 atom stereocenters. The van der Waals surface area contributed by atoms with Crippen LogP contribution in [0.1, 0.15) is 18.4 Å². The second-order valence-corrected chi connectivity index (χ2v) is 6.87. The molecule has 0 saturated heterocycles. The van der Waals surface area contributed by atoms with E-state index in [1.54, 1.807) is 0 Å². The SMILES string of the molecule is CS(=O)(=O)c1ccc(CNC(=O)C(N)CCC(N)=O)c(F)c1. The first-order valence-corrected chi connectivity index (χ1v) is 8.30. The Hall–Kier alpha value is -2.00. The molecule has 22 heavy (non-hydrogen) atoms. The van der Waals surface area contributed by atoms with Gasteiger partial charge in [0.05, 0.1) is 10.9 Å². The summed E-state index contributed by atoms with van der Waals surface area (Å²) in [5.41, 5.74) is 10.6. The van der Waals surface area contributed by atoms with E-state index in [2.05, 4.69) is 5.32 Å². The third-order valence-electron chi connectivity index (χ3n) is 2.94. The predicted molar refractivity (Wildman–Crippen MR) is 77.8 cm³/mol. The van der Waals surface area contributed by atoms with Gasteiger partial charge < -0.3 is 16.8 Å². The summed E-state index contributed by atoms with van der Waals surface area (Å²) >= 11 is 0. The second kappa shape index (κ2) is 7.32. The maximum Gasteiger partial charge on any atom is 0.237 e. The molecule has 1 unspecified atom stereocenters. The van der Waals surface area contributed by atoms with Crippen LogP contribution >= 0.6 is 0 Å². The van der Waals surface area contributed by atoms with Gasteiger partial charge in [0.1, 0.15) is 5.82 Å². The maximum atomic E-state index is 13.8. The lowest BCUT2D eigenvalue weighted by atomic mass is 10.1. The van der Waals surface area contributed by atoms with Crippen LogP contribution in [0, 0.1) is 5.82 Å². The summed E-state index contributed by atoms with van der Waals surface area (Å²) < 4.78 is 36.4. The molecule has 1 aromatic rings. The number of hydrogen-bond donors (Lipinski definition) is 3. The van der Waals surface area contributed by atoms with Crippen LogP contribution in [0.5, 0.6) is 0 Å². The minimum absolute atomic E-state index is 0.0218. The van der Waals surface area contributed by atoms with Crippen molar-refractivity contribution < 1.29 is 22.4 Å². The van der Waals surface area contributed by atoms with Crippen molar-refractivity contribution in [1.82, 2.24) is 5.32 Å². The Kier molecular flexibility index (Phi) is 6.01. The Morgan fingerprint density at radius 1 is 1.36 bits per heavy atom. The molecule has 2 amide bonds. The fraction of sp³-hybridized carbons (Fsp3) is 0.385. The molecule has 0 aliphatic carbocycles. The van der Waals surface area contributed by atoms with Gasteiger partial charge in [0.2, 0.25) is 11.8 Å². The van der Waals surface area contributed by atoms with Crippen LogP contribution in [-0.4, -0.2) is 32.5 Å². The Balaban J connectivity index is 2.65. The van der Waals surface area contributed by atoms with Crippen LogP contribution in [0.15, 0.2) is 23.1 Å². The van der Waals surface area contributed by atoms with Gasteiger partial charge in [-0.05, 0) is 18.6 Å². The Morgan fingerprint density at radius 3 is 2.50 bits per heavy atom.